The summed E-state index contributed by atoms with van der Waals surface area (Å²) in [6.45, 7) is 0.405. The molecule has 1 saturated carbocycles. The number of nitrogens with one attached hydrogen (secondary N) is 1. The summed E-state index contributed by atoms with van der Waals surface area (Å²) in [7, 11) is 1.69. The highest BCUT2D eigenvalue weighted by atomic mass is 32.1. The Morgan fingerprint density at radius 2 is 2.19 bits per heavy atom. The number of aromatic nitrogens is 2. The van der Waals surface area contributed by atoms with E-state index < -0.39 is 5.95 Å². The van der Waals surface area contributed by atoms with Gasteiger partial charge in [-0.05, 0) is 37.2 Å². The molecule has 6 nitrogen and oxygen atoms in total. The number of benzene rings is 1. The van der Waals surface area contributed by atoms with Crippen molar-refractivity contribution in [2.75, 3.05) is 5.32 Å². The Morgan fingerprint density at radius 3 is 2.76 bits per heavy atom. The van der Waals surface area contributed by atoms with Crippen molar-refractivity contribution in [3.8, 4) is 5.95 Å². The number of nitrogens with zero attached hydrogens (tertiary/aromatic N) is 3. The highest BCUT2D eigenvalue weighted by Crippen LogP contribution is 2.29. The normalized spacial score (nSPS) is 14.0. The van der Waals surface area contributed by atoms with Gasteiger partial charge < -0.3 is 19.8 Å². The van der Waals surface area contributed by atoms with Crippen molar-refractivity contribution in [1.29, 1.82) is 0 Å². The van der Waals surface area contributed by atoms with Crippen molar-refractivity contribution in [2.45, 2.75) is 25.4 Å². The van der Waals surface area contributed by atoms with E-state index in [4.69, 9.17) is 12.2 Å². The first kappa shape index (κ1) is 13.8. The summed E-state index contributed by atoms with van der Waals surface area (Å²) in [5.41, 5.74) is 1.43. The fourth-order valence-corrected chi connectivity index (χ4v) is 2.46. The van der Waals surface area contributed by atoms with E-state index in [1.165, 1.54) is 4.68 Å². The third kappa shape index (κ3) is 3.13. The first-order valence-corrected chi connectivity index (χ1v) is 7.20. The SMILES string of the molecule is C[n+]1noc([O-])c1CN(C(=S)Nc1ccccc1)C1CC1. The Balaban J connectivity index is 1.74. The summed E-state index contributed by atoms with van der Waals surface area (Å²) in [6, 6.07) is 10.1. The lowest BCUT2D eigenvalue weighted by Crippen LogP contribution is -2.42. The average Bonchev–Trinajstić information content (AvgIpc) is 3.26. The Bertz CT molecular complexity index is 620. The van der Waals surface area contributed by atoms with Crippen molar-refractivity contribution in [2.24, 2.45) is 7.05 Å². The summed E-state index contributed by atoms with van der Waals surface area (Å²) in [5.74, 6) is -0.411. The molecule has 21 heavy (non-hydrogen) atoms. The van der Waals surface area contributed by atoms with E-state index in [1.54, 1.807) is 7.05 Å². The van der Waals surface area contributed by atoms with E-state index in [0.717, 1.165) is 18.5 Å². The lowest BCUT2D eigenvalue weighted by Gasteiger charge is -2.24. The van der Waals surface area contributed by atoms with Gasteiger partial charge in [0.05, 0.1) is 5.27 Å². The van der Waals surface area contributed by atoms with E-state index in [9.17, 15) is 5.11 Å². The molecule has 0 unspecified atom stereocenters. The van der Waals surface area contributed by atoms with Crippen molar-refractivity contribution in [3.05, 3.63) is 36.0 Å². The molecule has 0 aliphatic heterocycles. The van der Waals surface area contributed by atoms with E-state index in [0.29, 0.717) is 23.4 Å². The first-order valence-electron chi connectivity index (χ1n) is 6.79. The van der Waals surface area contributed by atoms with Crippen LogP contribution in [0.5, 0.6) is 5.95 Å². The molecule has 1 heterocycles. The van der Waals surface area contributed by atoms with Crippen LogP contribution in [-0.2, 0) is 13.6 Å². The van der Waals surface area contributed by atoms with Crippen LogP contribution in [0.2, 0.25) is 0 Å². The number of thiocarbonyl (C=S) groups is 1. The van der Waals surface area contributed by atoms with Gasteiger partial charge >= 0.3 is 0 Å². The lowest BCUT2D eigenvalue weighted by molar-refractivity contribution is -0.746. The van der Waals surface area contributed by atoms with Crippen LogP contribution in [0.1, 0.15) is 18.5 Å². The molecule has 0 radical (unpaired) electrons. The zero-order chi connectivity index (χ0) is 14.8. The molecule has 7 heteroatoms. The first-order chi connectivity index (χ1) is 10.1. The number of aryl methyl sites for hydroxylation is 1. The summed E-state index contributed by atoms with van der Waals surface area (Å²) >= 11 is 5.49. The van der Waals surface area contributed by atoms with E-state index in [1.807, 2.05) is 35.2 Å². The Hall–Kier alpha value is -2.15. The number of hydrogen-bond donors (Lipinski definition) is 1. The Morgan fingerprint density at radius 1 is 1.48 bits per heavy atom. The maximum Gasteiger partial charge on any atom is 0.252 e. The minimum atomic E-state index is -0.411. The summed E-state index contributed by atoms with van der Waals surface area (Å²) in [6.07, 6.45) is 2.17. The Kier molecular flexibility index (Phi) is 3.74. The quantitative estimate of drug-likeness (QED) is 0.669. The number of rotatable bonds is 4. The van der Waals surface area contributed by atoms with Crippen LogP contribution >= 0.6 is 12.2 Å². The van der Waals surface area contributed by atoms with Gasteiger partial charge in [-0.2, -0.15) is 0 Å². The smallest absolute Gasteiger partial charge is 0.252 e. The molecule has 110 valence electrons. The summed E-state index contributed by atoms with van der Waals surface area (Å²) < 4.78 is 6.12. The number of para-hydroxylation sites is 1. The summed E-state index contributed by atoms with van der Waals surface area (Å²) in [5, 5.41) is 19.1. The lowest BCUT2D eigenvalue weighted by atomic mass is 10.3. The van der Waals surface area contributed by atoms with Gasteiger partial charge in [-0.25, -0.2) is 0 Å². The third-order valence-electron chi connectivity index (χ3n) is 3.47. The van der Waals surface area contributed by atoms with Crippen LogP contribution in [0.15, 0.2) is 34.9 Å². The van der Waals surface area contributed by atoms with Gasteiger partial charge in [0, 0.05) is 11.7 Å². The minimum absolute atomic E-state index is 0.378. The number of hydrogen-bond acceptors (Lipinski definition) is 4. The van der Waals surface area contributed by atoms with Gasteiger partial charge in [0.1, 0.15) is 6.54 Å². The molecule has 0 bridgehead atoms. The van der Waals surface area contributed by atoms with Crippen molar-refractivity contribution >= 4 is 23.0 Å². The molecule has 3 rings (SSSR count). The molecule has 1 aliphatic carbocycles. The maximum absolute atomic E-state index is 11.7. The molecule has 1 aromatic heterocycles. The van der Waals surface area contributed by atoms with E-state index in [-0.39, 0.29) is 0 Å². The standard InChI is InChI=1S/C14H16N4O2S/c1-17-12(13(19)20-16-17)9-18(11-7-8-11)14(21)15-10-5-3-2-4-6-10/h2-6,11H,7-9H2,1H3,(H-,15,16,19,21). The second kappa shape index (κ2) is 5.69. The molecule has 1 N–H and O–H groups in total. The molecule has 1 fully saturated rings. The molecule has 0 amide bonds. The van der Waals surface area contributed by atoms with Crippen LogP contribution in [0.25, 0.3) is 0 Å². The predicted octanol–water partition coefficient (Wildman–Crippen LogP) is 0.934. The van der Waals surface area contributed by atoms with Gasteiger partial charge in [-0.1, -0.05) is 22.9 Å². The zero-order valence-electron chi connectivity index (χ0n) is 11.7. The van der Waals surface area contributed by atoms with Crippen molar-refractivity contribution < 1.29 is 14.3 Å². The van der Waals surface area contributed by atoms with E-state index >= 15 is 0 Å². The fraction of sp³-hybridized carbons (Fsp3) is 0.357. The maximum atomic E-state index is 11.7. The second-order valence-corrected chi connectivity index (χ2v) is 5.47. The molecule has 2 aromatic rings. The van der Waals surface area contributed by atoms with Crippen LogP contribution in [0.3, 0.4) is 0 Å². The second-order valence-electron chi connectivity index (χ2n) is 5.09. The predicted molar refractivity (Wildman–Crippen MR) is 78.4 cm³/mol. The van der Waals surface area contributed by atoms with Gasteiger partial charge in [-0.3, -0.25) is 0 Å². The molecule has 0 spiro atoms. The Labute approximate surface area is 127 Å². The number of anilines is 1. The molecule has 1 aliphatic rings. The molecule has 1 aromatic carbocycles. The molecule has 0 atom stereocenters. The average molecular weight is 304 g/mol. The molecular formula is C14H16N4O2S. The minimum Gasteiger partial charge on any atom is -0.539 e. The van der Waals surface area contributed by atoms with Gasteiger partial charge in [-0.15, -0.1) is 0 Å². The molecule has 0 saturated heterocycles. The monoisotopic (exact) mass is 304 g/mol. The van der Waals surface area contributed by atoms with Gasteiger partial charge in [0.25, 0.3) is 5.69 Å². The van der Waals surface area contributed by atoms with Crippen LogP contribution in [0.4, 0.5) is 5.69 Å². The van der Waals surface area contributed by atoms with Gasteiger partial charge in [0.2, 0.25) is 0 Å². The highest BCUT2D eigenvalue weighted by Gasteiger charge is 2.33. The van der Waals surface area contributed by atoms with Gasteiger partial charge in [0.15, 0.2) is 18.1 Å². The molecular weight excluding hydrogens is 288 g/mol. The van der Waals surface area contributed by atoms with E-state index in [2.05, 4.69) is 15.1 Å². The zero-order valence-corrected chi connectivity index (χ0v) is 12.5. The fourth-order valence-electron chi connectivity index (χ4n) is 2.13. The topological polar surface area (TPSA) is 68.2 Å². The van der Waals surface area contributed by atoms with Crippen molar-refractivity contribution in [1.82, 2.24) is 10.2 Å². The summed E-state index contributed by atoms with van der Waals surface area (Å²) in [4.78, 5) is 2.02. The van der Waals surface area contributed by atoms with Crippen LogP contribution in [-0.4, -0.2) is 21.3 Å². The van der Waals surface area contributed by atoms with Crippen molar-refractivity contribution in [3.63, 3.8) is 0 Å². The third-order valence-corrected chi connectivity index (χ3v) is 3.80. The largest absolute Gasteiger partial charge is 0.539 e. The van der Waals surface area contributed by atoms with Crippen LogP contribution < -0.4 is 15.1 Å². The highest BCUT2D eigenvalue weighted by molar-refractivity contribution is 7.80. The van der Waals surface area contributed by atoms with Crippen LogP contribution in [0, 0.1) is 0 Å².